The van der Waals surface area contributed by atoms with E-state index in [-0.39, 0.29) is 0 Å². The van der Waals surface area contributed by atoms with Crippen molar-refractivity contribution in [1.82, 2.24) is 0 Å². The summed E-state index contributed by atoms with van der Waals surface area (Å²) in [6, 6.07) is 7.74. The smallest absolute Gasteiger partial charge is 0.125 e. The van der Waals surface area contributed by atoms with E-state index in [1.807, 2.05) is 37.3 Å². The third-order valence-corrected chi connectivity index (χ3v) is 2.97. The van der Waals surface area contributed by atoms with Crippen LogP contribution in [0, 0.1) is 0 Å². The Hall–Kier alpha value is -1.28. The molecular weight excluding hydrogens is 224 g/mol. The number of rotatable bonds is 9. The zero-order chi connectivity index (χ0) is 13.2. The lowest BCUT2D eigenvalue weighted by Gasteiger charge is -2.14. The minimum Gasteiger partial charge on any atom is -0.493 e. The molecule has 0 heterocycles. The van der Waals surface area contributed by atoms with Crippen LogP contribution in [0.1, 0.15) is 50.7 Å². The van der Waals surface area contributed by atoms with Gasteiger partial charge in [0.1, 0.15) is 5.75 Å². The third-order valence-electron chi connectivity index (χ3n) is 2.97. The minimum atomic E-state index is -0.429. The van der Waals surface area contributed by atoms with Crippen LogP contribution in [0.4, 0.5) is 0 Å². The summed E-state index contributed by atoms with van der Waals surface area (Å²) in [7, 11) is 0. The number of ether oxygens (including phenoxy) is 1. The summed E-state index contributed by atoms with van der Waals surface area (Å²) < 4.78 is 5.75. The molecule has 0 spiro atoms. The van der Waals surface area contributed by atoms with Gasteiger partial charge in [0.2, 0.25) is 0 Å². The fraction of sp³-hybridized carbons (Fsp3) is 0.500. The summed E-state index contributed by atoms with van der Waals surface area (Å²) in [6.45, 7) is 6.39. The Morgan fingerprint density at radius 3 is 2.78 bits per heavy atom. The number of benzene rings is 1. The average molecular weight is 248 g/mol. The molecule has 0 aliphatic rings. The van der Waals surface area contributed by atoms with Crippen molar-refractivity contribution in [2.24, 2.45) is 0 Å². The van der Waals surface area contributed by atoms with Gasteiger partial charge in [-0.1, -0.05) is 31.2 Å². The monoisotopic (exact) mass is 248 g/mol. The lowest BCUT2D eigenvalue weighted by atomic mass is 10.1. The molecule has 1 rings (SSSR count). The average Bonchev–Trinajstić information content (AvgIpc) is 2.42. The fourth-order valence-electron chi connectivity index (χ4n) is 1.86. The van der Waals surface area contributed by atoms with E-state index >= 15 is 0 Å². The highest BCUT2D eigenvalue weighted by atomic mass is 16.5. The van der Waals surface area contributed by atoms with E-state index in [1.54, 1.807) is 0 Å². The van der Waals surface area contributed by atoms with Crippen molar-refractivity contribution in [1.29, 1.82) is 0 Å². The van der Waals surface area contributed by atoms with Gasteiger partial charge in [-0.3, -0.25) is 0 Å². The zero-order valence-electron chi connectivity index (χ0n) is 11.3. The molecular formula is C16H24O2. The molecule has 0 aliphatic carbocycles. The zero-order valence-corrected chi connectivity index (χ0v) is 11.3. The van der Waals surface area contributed by atoms with E-state index in [4.69, 9.17) is 4.74 Å². The summed E-state index contributed by atoms with van der Waals surface area (Å²) in [6.07, 6.45) is 6.68. The number of unbranched alkanes of at least 4 members (excludes halogenated alkanes) is 3. The van der Waals surface area contributed by atoms with Gasteiger partial charge in [-0.15, -0.1) is 6.58 Å². The molecule has 18 heavy (non-hydrogen) atoms. The Morgan fingerprint density at radius 2 is 2.06 bits per heavy atom. The molecule has 0 fully saturated rings. The largest absolute Gasteiger partial charge is 0.493 e. The van der Waals surface area contributed by atoms with Gasteiger partial charge in [0.05, 0.1) is 12.7 Å². The van der Waals surface area contributed by atoms with E-state index in [1.165, 1.54) is 6.42 Å². The lowest BCUT2D eigenvalue weighted by molar-refractivity contribution is 0.167. The van der Waals surface area contributed by atoms with Crippen molar-refractivity contribution in [3.8, 4) is 5.75 Å². The quantitative estimate of drug-likeness (QED) is 0.523. The summed E-state index contributed by atoms with van der Waals surface area (Å²) >= 11 is 0. The van der Waals surface area contributed by atoms with Gasteiger partial charge < -0.3 is 9.84 Å². The molecule has 0 saturated carbocycles. The van der Waals surface area contributed by atoms with Gasteiger partial charge in [0.15, 0.2) is 0 Å². The van der Waals surface area contributed by atoms with Gasteiger partial charge in [-0.25, -0.2) is 0 Å². The third kappa shape index (κ3) is 4.92. The number of hydrogen-bond donors (Lipinski definition) is 1. The van der Waals surface area contributed by atoms with Gasteiger partial charge in [-0.05, 0) is 38.2 Å². The molecule has 2 nitrogen and oxygen atoms in total. The highest BCUT2D eigenvalue weighted by Crippen LogP contribution is 2.26. The number of aliphatic hydroxyl groups is 1. The first-order valence-electron chi connectivity index (χ1n) is 6.80. The topological polar surface area (TPSA) is 29.5 Å². The first-order valence-corrected chi connectivity index (χ1v) is 6.80. The van der Waals surface area contributed by atoms with Gasteiger partial charge in [-0.2, -0.15) is 0 Å². The summed E-state index contributed by atoms with van der Waals surface area (Å²) in [5.41, 5.74) is 0.895. The summed E-state index contributed by atoms with van der Waals surface area (Å²) in [5, 5.41) is 9.89. The molecule has 1 N–H and O–H groups in total. The van der Waals surface area contributed by atoms with Crippen LogP contribution in [0.2, 0.25) is 0 Å². The Labute approximate surface area is 110 Å². The Morgan fingerprint density at radius 1 is 1.28 bits per heavy atom. The molecule has 0 aromatic heterocycles. The molecule has 0 radical (unpaired) electrons. The summed E-state index contributed by atoms with van der Waals surface area (Å²) in [4.78, 5) is 0. The number of para-hydroxylation sites is 1. The Balaban J connectivity index is 2.39. The van der Waals surface area contributed by atoms with Gasteiger partial charge in [0.25, 0.3) is 0 Å². The highest BCUT2D eigenvalue weighted by molar-refractivity contribution is 5.34. The van der Waals surface area contributed by atoms with Crippen LogP contribution in [0.25, 0.3) is 0 Å². The van der Waals surface area contributed by atoms with Crippen molar-refractivity contribution in [3.63, 3.8) is 0 Å². The molecule has 0 bridgehead atoms. The molecule has 0 saturated heterocycles. The van der Waals surface area contributed by atoms with Crippen LogP contribution >= 0.6 is 0 Å². The van der Waals surface area contributed by atoms with Gasteiger partial charge in [0, 0.05) is 5.56 Å². The lowest BCUT2D eigenvalue weighted by Crippen LogP contribution is -2.03. The van der Waals surface area contributed by atoms with E-state index in [2.05, 4.69) is 6.58 Å². The molecule has 0 amide bonds. The number of aliphatic hydroxyl groups excluding tert-OH is 1. The van der Waals surface area contributed by atoms with Crippen molar-refractivity contribution in [2.45, 2.75) is 45.1 Å². The predicted octanol–water partition coefficient (Wildman–Crippen LogP) is 4.26. The second-order valence-electron chi connectivity index (χ2n) is 4.45. The van der Waals surface area contributed by atoms with Crippen molar-refractivity contribution < 1.29 is 9.84 Å². The van der Waals surface area contributed by atoms with Crippen LogP contribution in [0.15, 0.2) is 36.9 Å². The molecule has 1 aromatic rings. The van der Waals surface area contributed by atoms with E-state index in [0.717, 1.165) is 30.6 Å². The normalized spacial score (nSPS) is 12.1. The van der Waals surface area contributed by atoms with Crippen molar-refractivity contribution in [2.75, 3.05) is 6.61 Å². The molecule has 100 valence electrons. The number of allylic oxidation sites excluding steroid dienone is 1. The first kappa shape index (κ1) is 14.8. The fourth-order valence-corrected chi connectivity index (χ4v) is 1.86. The van der Waals surface area contributed by atoms with Crippen LogP contribution in [0.3, 0.4) is 0 Å². The molecule has 1 atom stereocenters. The first-order chi connectivity index (χ1) is 8.79. The van der Waals surface area contributed by atoms with E-state index in [9.17, 15) is 5.11 Å². The molecule has 0 unspecified atom stereocenters. The number of hydrogen-bond acceptors (Lipinski definition) is 2. The van der Waals surface area contributed by atoms with Gasteiger partial charge >= 0.3 is 0 Å². The summed E-state index contributed by atoms with van der Waals surface area (Å²) in [5.74, 6) is 0.815. The van der Waals surface area contributed by atoms with Crippen LogP contribution in [0.5, 0.6) is 5.75 Å². The van der Waals surface area contributed by atoms with Crippen molar-refractivity contribution >= 4 is 0 Å². The maximum atomic E-state index is 9.89. The van der Waals surface area contributed by atoms with Crippen LogP contribution < -0.4 is 4.74 Å². The maximum Gasteiger partial charge on any atom is 0.125 e. The predicted molar refractivity (Wildman–Crippen MR) is 75.9 cm³/mol. The SMILES string of the molecule is C=CCCCCCOc1ccccc1[C@H](O)CC. The molecule has 0 aliphatic heterocycles. The minimum absolute atomic E-state index is 0.429. The standard InChI is InChI=1S/C16H24O2/c1-3-5-6-7-10-13-18-16-12-9-8-11-14(16)15(17)4-2/h3,8-9,11-12,15,17H,1,4-7,10,13H2,2H3/t15-/m1/s1. The maximum absolute atomic E-state index is 9.89. The van der Waals surface area contributed by atoms with Crippen LogP contribution in [-0.4, -0.2) is 11.7 Å². The molecule has 2 heteroatoms. The van der Waals surface area contributed by atoms with Crippen LogP contribution in [-0.2, 0) is 0 Å². The van der Waals surface area contributed by atoms with E-state index in [0.29, 0.717) is 13.0 Å². The second-order valence-corrected chi connectivity index (χ2v) is 4.45. The van der Waals surface area contributed by atoms with E-state index < -0.39 is 6.10 Å². The van der Waals surface area contributed by atoms with Crippen molar-refractivity contribution in [3.05, 3.63) is 42.5 Å². The Kier molecular flexibility index (Phi) is 7.19. The molecule has 1 aromatic carbocycles. The Bertz CT molecular complexity index is 347. The second kappa shape index (κ2) is 8.76. The highest BCUT2D eigenvalue weighted by Gasteiger charge is 2.10.